The van der Waals surface area contributed by atoms with Gasteiger partial charge in [-0.25, -0.2) is 9.78 Å². The van der Waals surface area contributed by atoms with Gasteiger partial charge in [0.05, 0.1) is 33.2 Å². The summed E-state index contributed by atoms with van der Waals surface area (Å²) in [5, 5.41) is 0.447. The largest absolute Gasteiger partial charge is 0.462 e. The normalized spacial score (nSPS) is 11.8. The highest BCUT2D eigenvalue weighted by molar-refractivity contribution is 6.42. The number of aromatic nitrogens is 2. The fourth-order valence-corrected chi connectivity index (χ4v) is 3.12. The molecule has 4 nitrogen and oxygen atoms in total. The zero-order chi connectivity index (χ0) is 20.5. The van der Waals surface area contributed by atoms with Crippen LogP contribution in [-0.4, -0.2) is 28.3 Å². The number of hydrogen-bond donors (Lipinski definition) is 0. The van der Waals surface area contributed by atoms with Gasteiger partial charge in [0.15, 0.2) is 0 Å². The summed E-state index contributed by atoms with van der Waals surface area (Å²) in [5.74, 6) is -0.600. The standard InChI is InChI=1S/C19H15Cl2F3N2O2/c1-2-28-18(27)12-5-3-11(4-6-12)10-26-16-8-14(21)13(20)7-15(16)25-17(26)9-19(22,23)24/h3-8H,2,9-10H2,1H3. The third-order valence-corrected chi connectivity index (χ3v) is 4.76. The number of benzene rings is 2. The van der Waals surface area contributed by atoms with Crippen molar-refractivity contribution in [2.45, 2.75) is 26.1 Å². The lowest BCUT2D eigenvalue weighted by atomic mass is 10.1. The zero-order valence-electron chi connectivity index (χ0n) is 14.7. The van der Waals surface area contributed by atoms with E-state index in [-0.39, 0.29) is 29.0 Å². The Morgan fingerprint density at radius 2 is 1.79 bits per heavy atom. The molecule has 0 unspecified atom stereocenters. The molecule has 2 aromatic carbocycles. The first-order valence-electron chi connectivity index (χ1n) is 8.35. The van der Waals surface area contributed by atoms with Gasteiger partial charge < -0.3 is 9.30 Å². The van der Waals surface area contributed by atoms with Crippen molar-refractivity contribution in [1.82, 2.24) is 9.55 Å². The van der Waals surface area contributed by atoms with Crippen LogP contribution in [-0.2, 0) is 17.7 Å². The van der Waals surface area contributed by atoms with Crippen molar-refractivity contribution in [3.63, 3.8) is 0 Å². The monoisotopic (exact) mass is 430 g/mol. The highest BCUT2D eigenvalue weighted by Gasteiger charge is 2.31. The summed E-state index contributed by atoms with van der Waals surface area (Å²) in [6, 6.07) is 9.40. The van der Waals surface area contributed by atoms with Gasteiger partial charge in [-0.05, 0) is 36.8 Å². The number of nitrogens with zero attached hydrogens (tertiary/aromatic N) is 2. The summed E-state index contributed by atoms with van der Waals surface area (Å²) in [6.07, 6.45) is -5.60. The van der Waals surface area contributed by atoms with E-state index in [4.69, 9.17) is 27.9 Å². The Labute approximate surface area is 168 Å². The second kappa shape index (κ2) is 8.01. The van der Waals surface area contributed by atoms with Gasteiger partial charge in [-0.2, -0.15) is 13.2 Å². The molecule has 0 spiro atoms. The van der Waals surface area contributed by atoms with Crippen molar-refractivity contribution < 1.29 is 22.7 Å². The van der Waals surface area contributed by atoms with E-state index >= 15 is 0 Å². The molecule has 0 radical (unpaired) electrons. The summed E-state index contributed by atoms with van der Waals surface area (Å²) < 4.78 is 45.4. The van der Waals surface area contributed by atoms with E-state index in [1.807, 2.05) is 0 Å². The van der Waals surface area contributed by atoms with Crippen LogP contribution in [0.25, 0.3) is 11.0 Å². The summed E-state index contributed by atoms with van der Waals surface area (Å²) in [5.41, 5.74) is 1.84. The quantitative estimate of drug-likeness (QED) is 0.489. The molecular weight excluding hydrogens is 416 g/mol. The predicted octanol–water partition coefficient (Wildman–Crippen LogP) is 5.67. The van der Waals surface area contributed by atoms with Gasteiger partial charge in [-0.15, -0.1) is 0 Å². The third-order valence-electron chi connectivity index (χ3n) is 4.03. The Kier molecular flexibility index (Phi) is 5.86. The average Bonchev–Trinajstić information content (AvgIpc) is 2.91. The molecule has 9 heteroatoms. The molecule has 0 aliphatic rings. The van der Waals surface area contributed by atoms with E-state index in [0.29, 0.717) is 22.2 Å². The van der Waals surface area contributed by atoms with E-state index in [0.717, 1.165) is 0 Å². The first-order chi connectivity index (χ1) is 13.2. The summed E-state index contributed by atoms with van der Waals surface area (Å²) in [7, 11) is 0. The Balaban J connectivity index is 1.99. The first kappa shape index (κ1) is 20.5. The van der Waals surface area contributed by atoms with Crippen LogP contribution in [0.5, 0.6) is 0 Å². The lowest BCUT2D eigenvalue weighted by Gasteiger charge is -2.12. The molecule has 0 saturated heterocycles. The van der Waals surface area contributed by atoms with E-state index < -0.39 is 18.6 Å². The lowest BCUT2D eigenvalue weighted by molar-refractivity contribution is -0.128. The minimum Gasteiger partial charge on any atom is -0.462 e. The van der Waals surface area contributed by atoms with Gasteiger partial charge in [-0.3, -0.25) is 0 Å². The van der Waals surface area contributed by atoms with Gasteiger partial charge in [0, 0.05) is 6.54 Å². The second-order valence-corrected chi connectivity index (χ2v) is 6.89. The van der Waals surface area contributed by atoms with Crippen LogP contribution in [0.15, 0.2) is 36.4 Å². The zero-order valence-corrected chi connectivity index (χ0v) is 16.2. The van der Waals surface area contributed by atoms with Crippen molar-refractivity contribution >= 4 is 40.2 Å². The number of alkyl halides is 3. The average molecular weight is 431 g/mol. The second-order valence-electron chi connectivity index (χ2n) is 6.08. The number of rotatable bonds is 5. The molecule has 148 valence electrons. The minimum atomic E-state index is -4.42. The minimum absolute atomic E-state index is 0.128. The maximum absolute atomic E-state index is 13.0. The molecule has 0 bridgehead atoms. The molecule has 3 aromatic rings. The van der Waals surface area contributed by atoms with Gasteiger partial charge in [0.2, 0.25) is 0 Å². The van der Waals surface area contributed by atoms with Crippen LogP contribution < -0.4 is 0 Å². The van der Waals surface area contributed by atoms with Crippen LogP contribution in [0.1, 0.15) is 28.7 Å². The molecule has 0 atom stereocenters. The molecule has 1 aromatic heterocycles. The number of hydrogen-bond acceptors (Lipinski definition) is 3. The number of halogens is 5. The fourth-order valence-electron chi connectivity index (χ4n) is 2.80. The van der Waals surface area contributed by atoms with E-state index in [1.54, 1.807) is 31.2 Å². The Hall–Kier alpha value is -2.25. The fraction of sp³-hybridized carbons (Fsp3) is 0.263. The van der Waals surface area contributed by atoms with Crippen molar-refractivity contribution in [3.8, 4) is 0 Å². The molecule has 0 fully saturated rings. The molecule has 0 aliphatic carbocycles. The molecule has 28 heavy (non-hydrogen) atoms. The van der Waals surface area contributed by atoms with Crippen LogP contribution >= 0.6 is 23.2 Å². The smallest absolute Gasteiger partial charge is 0.396 e. The van der Waals surface area contributed by atoms with Crippen molar-refractivity contribution in [1.29, 1.82) is 0 Å². The first-order valence-corrected chi connectivity index (χ1v) is 9.10. The maximum atomic E-state index is 13.0. The van der Waals surface area contributed by atoms with Gasteiger partial charge in [-0.1, -0.05) is 35.3 Å². The van der Waals surface area contributed by atoms with Crippen LogP contribution in [0, 0.1) is 0 Å². The highest BCUT2D eigenvalue weighted by atomic mass is 35.5. The SMILES string of the molecule is CCOC(=O)c1ccc(Cn2c(CC(F)(F)F)nc3cc(Cl)c(Cl)cc32)cc1. The lowest BCUT2D eigenvalue weighted by Crippen LogP contribution is -2.16. The summed E-state index contributed by atoms with van der Waals surface area (Å²) in [4.78, 5) is 15.8. The topological polar surface area (TPSA) is 44.1 Å². The molecular formula is C19H15Cl2F3N2O2. The van der Waals surface area contributed by atoms with E-state index in [9.17, 15) is 18.0 Å². The molecule has 0 saturated carbocycles. The van der Waals surface area contributed by atoms with Gasteiger partial charge >= 0.3 is 12.1 Å². The van der Waals surface area contributed by atoms with Gasteiger partial charge in [0.25, 0.3) is 0 Å². The van der Waals surface area contributed by atoms with E-state index in [2.05, 4.69) is 4.98 Å². The Bertz CT molecular complexity index is 1010. The number of esters is 1. The van der Waals surface area contributed by atoms with Crippen molar-refractivity contribution in [3.05, 3.63) is 63.4 Å². The number of carbonyl (C=O) groups is 1. The molecule has 0 aliphatic heterocycles. The molecule has 0 N–H and O–H groups in total. The number of imidazole rings is 1. The van der Waals surface area contributed by atoms with Crippen LogP contribution in [0.3, 0.4) is 0 Å². The summed E-state index contributed by atoms with van der Waals surface area (Å²) in [6.45, 7) is 2.09. The number of carbonyl (C=O) groups excluding carboxylic acids is 1. The number of fused-ring (bicyclic) bond motifs is 1. The molecule has 0 amide bonds. The Morgan fingerprint density at radius 1 is 1.14 bits per heavy atom. The van der Waals surface area contributed by atoms with Crippen LogP contribution in [0.4, 0.5) is 13.2 Å². The molecule has 1 heterocycles. The summed E-state index contributed by atoms with van der Waals surface area (Å²) >= 11 is 12.0. The van der Waals surface area contributed by atoms with Crippen molar-refractivity contribution in [2.24, 2.45) is 0 Å². The molecule has 3 rings (SSSR count). The van der Waals surface area contributed by atoms with Crippen molar-refractivity contribution in [2.75, 3.05) is 6.61 Å². The van der Waals surface area contributed by atoms with Gasteiger partial charge in [0.1, 0.15) is 12.2 Å². The van der Waals surface area contributed by atoms with E-state index in [1.165, 1.54) is 16.7 Å². The van der Waals surface area contributed by atoms with Crippen LogP contribution in [0.2, 0.25) is 10.0 Å². The maximum Gasteiger partial charge on any atom is 0.396 e. The third kappa shape index (κ3) is 4.59. The number of ether oxygens (including phenoxy) is 1. The predicted molar refractivity (Wildman–Crippen MR) is 101 cm³/mol. The highest BCUT2D eigenvalue weighted by Crippen LogP contribution is 2.31. The Morgan fingerprint density at radius 3 is 2.39 bits per heavy atom.